The monoisotopic (exact) mass is 688 g/mol. The molecule has 0 aromatic heterocycles. The van der Waals surface area contributed by atoms with Gasteiger partial charge in [0.05, 0.1) is 6.61 Å². The fourth-order valence-electron chi connectivity index (χ4n) is 2.46. The van der Waals surface area contributed by atoms with Crippen LogP contribution in [0, 0.1) is 15.2 Å². The van der Waals surface area contributed by atoms with E-state index in [0.717, 1.165) is 19.2 Å². The smallest absolute Gasteiger partial charge is 0.128 e. The molecule has 0 saturated heterocycles. The van der Waals surface area contributed by atoms with E-state index in [4.69, 9.17) is 9.84 Å². The highest BCUT2D eigenvalue weighted by Gasteiger charge is 2.00. The van der Waals surface area contributed by atoms with Crippen LogP contribution < -0.4 is 4.74 Å². The molecule has 1 N–H and O–H groups in total. The van der Waals surface area contributed by atoms with Crippen molar-refractivity contribution >= 4 is 54.5 Å². The van der Waals surface area contributed by atoms with Crippen molar-refractivity contribution in [2.45, 2.75) is 13.2 Å². The number of rotatable bonds is 4. The Hall–Kier alpha value is -1.81. The van der Waals surface area contributed by atoms with Gasteiger partial charge in [-0.15, -0.1) is 0 Å². The first-order chi connectivity index (χ1) is 15.9. The SMILES string of the molecule is Fc1cc(Br)cc(I)c1.Fc1cc(Br)cc(OCc2ccccc2)c1.OCc1ccccc1. The highest BCUT2D eigenvalue weighted by molar-refractivity contribution is 14.1. The average Bonchev–Trinajstić information content (AvgIpc) is 2.78. The molecule has 2 nitrogen and oxygen atoms in total. The van der Waals surface area contributed by atoms with Gasteiger partial charge in [-0.3, -0.25) is 0 Å². The second-order valence-electron chi connectivity index (χ2n) is 6.61. The zero-order valence-corrected chi connectivity index (χ0v) is 22.7. The lowest BCUT2D eigenvalue weighted by Gasteiger charge is -2.06. The largest absolute Gasteiger partial charge is 0.489 e. The third-order valence-corrected chi connectivity index (χ3v) is 5.48. The summed E-state index contributed by atoms with van der Waals surface area (Å²) in [5.41, 5.74) is 2.02. The lowest BCUT2D eigenvalue weighted by molar-refractivity contribution is 0.282. The first kappa shape index (κ1) is 27.4. The summed E-state index contributed by atoms with van der Waals surface area (Å²) in [6, 6.07) is 28.6. The van der Waals surface area contributed by atoms with Crippen LogP contribution in [0.25, 0.3) is 0 Å². The van der Waals surface area contributed by atoms with E-state index in [0.29, 0.717) is 16.8 Å². The maximum atomic E-state index is 13.0. The molecule has 0 heterocycles. The predicted octanol–water partition coefficient (Wildman–Crippen LogP) is 8.54. The van der Waals surface area contributed by atoms with E-state index in [9.17, 15) is 8.78 Å². The highest BCUT2D eigenvalue weighted by atomic mass is 127. The van der Waals surface area contributed by atoms with Crippen molar-refractivity contribution in [3.8, 4) is 5.75 Å². The van der Waals surface area contributed by atoms with E-state index < -0.39 is 0 Å². The number of benzene rings is 4. The highest BCUT2D eigenvalue weighted by Crippen LogP contribution is 2.21. The fraction of sp³-hybridized carbons (Fsp3) is 0.0769. The van der Waals surface area contributed by atoms with Crippen molar-refractivity contribution in [2.24, 2.45) is 0 Å². The van der Waals surface area contributed by atoms with Gasteiger partial charge in [0.2, 0.25) is 0 Å². The second-order valence-corrected chi connectivity index (χ2v) is 9.69. The zero-order chi connectivity index (χ0) is 24.1. The van der Waals surface area contributed by atoms with Gasteiger partial charge in [0.1, 0.15) is 24.0 Å². The topological polar surface area (TPSA) is 29.5 Å². The normalized spacial score (nSPS) is 9.76. The predicted molar refractivity (Wildman–Crippen MR) is 144 cm³/mol. The Morgan fingerprint density at radius 2 is 1.21 bits per heavy atom. The Kier molecular flexibility index (Phi) is 12.6. The average molecular weight is 690 g/mol. The van der Waals surface area contributed by atoms with Crippen LogP contribution in [-0.4, -0.2) is 5.11 Å². The molecule has 0 saturated carbocycles. The van der Waals surface area contributed by atoms with E-state index in [1.54, 1.807) is 6.07 Å². The summed E-state index contributed by atoms with van der Waals surface area (Å²) < 4.78 is 33.3. The summed E-state index contributed by atoms with van der Waals surface area (Å²) in [5, 5.41) is 8.54. The number of halogens is 5. The minimum absolute atomic E-state index is 0.140. The van der Waals surface area contributed by atoms with Crippen molar-refractivity contribution < 1.29 is 18.6 Å². The summed E-state index contributed by atoms with van der Waals surface area (Å²) in [6.45, 7) is 0.581. The van der Waals surface area contributed by atoms with Gasteiger partial charge in [-0.05, 0) is 64.0 Å². The van der Waals surface area contributed by atoms with Gasteiger partial charge in [0.15, 0.2) is 0 Å². The molecule has 0 unspecified atom stereocenters. The van der Waals surface area contributed by atoms with Crippen LogP contribution in [0.4, 0.5) is 8.78 Å². The van der Waals surface area contributed by atoms with E-state index >= 15 is 0 Å². The molecular weight excluding hydrogens is 669 g/mol. The minimum atomic E-state index is -0.308. The van der Waals surface area contributed by atoms with Crippen molar-refractivity contribution in [1.82, 2.24) is 0 Å². The lowest BCUT2D eigenvalue weighted by Crippen LogP contribution is -1.95. The van der Waals surface area contributed by atoms with Crippen molar-refractivity contribution in [3.05, 3.63) is 132 Å². The molecule has 0 fully saturated rings. The molecule has 4 aromatic rings. The van der Waals surface area contributed by atoms with Crippen LogP contribution >= 0.6 is 54.5 Å². The van der Waals surface area contributed by atoms with Crippen LogP contribution in [0.3, 0.4) is 0 Å². The number of aliphatic hydroxyl groups excluding tert-OH is 1. The molecule has 0 atom stereocenters. The van der Waals surface area contributed by atoms with Gasteiger partial charge in [0.25, 0.3) is 0 Å². The maximum Gasteiger partial charge on any atom is 0.128 e. The summed E-state index contributed by atoms with van der Waals surface area (Å²) >= 11 is 8.45. The number of aliphatic hydroxyl groups is 1. The maximum absolute atomic E-state index is 13.0. The van der Waals surface area contributed by atoms with Gasteiger partial charge in [0, 0.05) is 18.6 Å². The van der Waals surface area contributed by atoms with E-state index in [2.05, 4.69) is 54.5 Å². The van der Waals surface area contributed by atoms with Gasteiger partial charge < -0.3 is 9.84 Å². The first-order valence-corrected chi connectivity index (χ1v) is 12.4. The summed E-state index contributed by atoms with van der Waals surface area (Å²) in [7, 11) is 0. The van der Waals surface area contributed by atoms with Crippen LogP contribution in [0.1, 0.15) is 11.1 Å². The molecule has 172 valence electrons. The molecule has 4 aromatic carbocycles. The molecule has 4 rings (SSSR count). The number of ether oxygens (including phenoxy) is 1. The Labute approximate surface area is 223 Å². The molecule has 0 amide bonds. The summed E-state index contributed by atoms with van der Waals surface area (Å²) in [5.74, 6) is 0.0157. The van der Waals surface area contributed by atoms with Gasteiger partial charge in [-0.2, -0.15) is 0 Å². The van der Waals surface area contributed by atoms with E-state index in [1.165, 1.54) is 24.3 Å². The number of hydrogen-bond acceptors (Lipinski definition) is 2. The Morgan fingerprint density at radius 1 is 0.697 bits per heavy atom. The molecular formula is C26H21Br2F2IO2. The molecule has 7 heteroatoms. The molecule has 0 spiro atoms. The first-order valence-electron chi connectivity index (χ1n) is 9.75. The van der Waals surface area contributed by atoms with Gasteiger partial charge >= 0.3 is 0 Å². The fourth-order valence-corrected chi connectivity index (χ4v) is 4.43. The third-order valence-electron chi connectivity index (χ3n) is 3.94. The standard InChI is InChI=1S/C13H10BrFO.C7H8O.C6H3BrFI/c14-11-6-12(15)8-13(7-11)16-9-10-4-2-1-3-5-10;8-6-7-4-2-1-3-5-7;7-4-1-5(8)3-6(9)2-4/h1-8H,9H2;1-5,8H,6H2;1-3H. The Bertz CT molecular complexity index is 1040. The summed E-state index contributed by atoms with van der Waals surface area (Å²) in [6.07, 6.45) is 0. The molecule has 0 bridgehead atoms. The molecule has 0 aliphatic heterocycles. The molecule has 0 aliphatic rings. The zero-order valence-electron chi connectivity index (χ0n) is 17.4. The quantitative estimate of drug-likeness (QED) is 0.218. The van der Waals surface area contributed by atoms with Crippen LogP contribution in [0.5, 0.6) is 5.75 Å². The third kappa shape index (κ3) is 11.7. The van der Waals surface area contributed by atoms with Crippen LogP contribution in [0.2, 0.25) is 0 Å². The number of hydrogen-bond donors (Lipinski definition) is 1. The van der Waals surface area contributed by atoms with Crippen molar-refractivity contribution in [3.63, 3.8) is 0 Å². The van der Waals surface area contributed by atoms with Crippen molar-refractivity contribution in [1.29, 1.82) is 0 Å². The van der Waals surface area contributed by atoms with Crippen molar-refractivity contribution in [2.75, 3.05) is 0 Å². The van der Waals surface area contributed by atoms with Crippen LogP contribution in [-0.2, 0) is 13.2 Å². The molecule has 0 radical (unpaired) electrons. The molecule has 0 aliphatic carbocycles. The summed E-state index contributed by atoms with van der Waals surface area (Å²) in [4.78, 5) is 0. The van der Waals surface area contributed by atoms with Crippen LogP contribution in [0.15, 0.2) is 106 Å². The van der Waals surface area contributed by atoms with Gasteiger partial charge in [-0.25, -0.2) is 8.78 Å². The van der Waals surface area contributed by atoms with E-state index in [-0.39, 0.29) is 18.2 Å². The van der Waals surface area contributed by atoms with E-state index in [1.807, 2.05) is 66.7 Å². The minimum Gasteiger partial charge on any atom is -0.489 e. The van der Waals surface area contributed by atoms with Gasteiger partial charge in [-0.1, -0.05) is 92.5 Å². The molecule has 33 heavy (non-hydrogen) atoms. The second kappa shape index (κ2) is 15.2. The Balaban J connectivity index is 0.000000192. The lowest BCUT2D eigenvalue weighted by atomic mass is 10.2. The Morgan fingerprint density at radius 3 is 1.67 bits per heavy atom.